The van der Waals surface area contributed by atoms with Crippen molar-refractivity contribution in [3.8, 4) is 11.5 Å². The maximum absolute atomic E-state index is 11.1. The van der Waals surface area contributed by atoms with Gasteiger partial charge in [0, 0.05) is 10.9 Å². The summed E-state index contributed by atoms with van der Waals surface area (Å²) < 4.78 is 11.2. The quantitative estimate of drug-likeness (QED) is 0.879. The van der Waals surface area contributed by atoms with Gasteiger partial charge in [0.25, 0.3) is 0 Å². The number of rotatable bonds is 6. The number of hydrogen-bond donors (Lipinski definition) is 1. The summed E-state index contributed by atoms with van der Waals surface area (Å²) in [4.78, 5) is 12.2. The number of aromatic carboxylic acids is 1. The van der Waals surface area contributed by atoms with Gasteiger partial charge < -0.3 is 14.6 Å². The van der Waals surface area contributed by atoms with Crippen LogP contribution in [0.5, 0.6) is 11.5 Å². The Balaban J connectivity index is 2.17. The number of benzene rings is 1. The van der Waals surface area contributed by atoms with Crippen molar-refractivity contribution in [2.45, 2.75) is 26.6 Å². The van der Waals surface area contributed by atoms with Gasteiger partial charge in [-0.3, -0.25) is 0 Å². The zero-order valence-corrected chi connectivity index (χ0v) is 12.1. The first kappa shape index (κ1) is 14.4. The molecule has 5 heteroatoms. The Bertz CT molecular complexity index is 576. The van der Waals surface area contributed by atoms with E-state index >= 15 is 0 Å². The molecule has 4 nitrogen and oxygen atoms in total. The molecule has 106 valence electrons. The molecule has 0 atom stereocenters. The summed E-state index contributed by atoms with van der Waals surface area (Å²) in [5.41, 5.74) is 0.157. The number of carboxylic acids is 1. The van der Waals surface area contributed by atoms with Crippen LogP contribution in [0.1, 0.15) is 29.1 Å². The smallest absolute Gasteiger partial charge is 0.335 e. The highest BCUT2D eigenvalue weighted by Gasteiger charge is 2.10. The van der Waals surface area contributed by atoms with E-state index in [4.69, 9.17) is 14.6 Å². The lowest BCUT2D eigenvalue weighted by Gasteiger charge is -2.12. The molecule has 0 aliphatic carbocycles. The van der Waals surface area contributed by atoms with Crippen LogP contribution in [0, 0.1) is 0 Å². The summed E-state index contributed by atoms with van der Waals surface area (Å²) in [5, 5.41) is 11.1. The van der Waals surface area contributed by atoms with Gasteiger partial charge in [0.05, 0.1) is 11.7 Å². The highest BCUT2D eigenvalue weighted by Crippen LogP contribution is 2.25. The van der Waals surface area contributed by atoms with Crippen LogP contribution < -0.4 is 9.47 Å². The molecule has 0 aliphatic heterocycles. The van der Waals surface area contributed by atoms with E-state index in [-0.39, 0.29) is 11.7 Å². The van der Waals surface area contributed by atoms with E-state index in [9.17, 15) is 4.79 Å². The molecule has 2 rings (SSSR count). The van der Waals surface area contributed by atoms with Gasteiger partial charge in [-0.1, -0.05) is 6.07 Å². The van der Waals surface area contributed by atoms with E-state index in [1.807, 2.05) is 31.4 Å². The van der Waals surface area contributed by atoms with Gasteiger partial charge in [0.2, 0.25) is 0 Å². The van der Waals surface area contributed by atoms with Gasteiger partial charge in [0.1, 0.15) is 18.1 Å². The minimum atomic E-state index is -1.000. The number of hydrogen-bond acceptors (Lipinski definition) is 4. The van der Waals surface area contributed by atoms with Gasteiger partial charge in [-0.25, -0.2) is 4.79 Å². The van der Waals surface area contributed by atoms with Crippen molar-refractivity contribution in [3.63, 3.8) is 0 Å². The van der Waals surface area contributed by atoms with E-state index < -0.39 is 5.97 Å². The Labute approximate surface area is 121 Å². The van der Waals surface area contributed by atoms with Crippen LogP contribution in [-0.4, -0.2) is 17.2 Å². The summed E-state index contributed by atoms with van der Waals surface area (Å²) in [7, 11) is 0. The zero-order valence-electron chi connectivity index (χ0n) is 11.3. The van der Waals surface area contributed by atoms with Crippen LogP contribution in [0.15, 0.2) is 35.7 Å². The Morgan fingerprint density at radius 3 is 2.65 bits per heavy atom. The second kappa shape index (κ2) is 6.43. The predicted octanol–water partition coefficient (Wildman–Crippen LogP) is 3.81. The van der Waals surface area contributed by atoms with Gasteiger partial charge in [0.15, 0.2) is 0 Å². The fraction of sp³-hybridized carbons (Fsp3) is 0.267. The third-order valence-electron chi connectivity index (χ3n) is 2.46. The lowest BCUT2D eigenvalue weighted by Crippen LogP contribution is -2.07. The molecular formula is C15H16O4S. The summed E-state index contributed by atoms with van der Waals surface area (Å²) >= 11 is 1.59. The molecule has 0 fully saturated rings. The maximum atomic E-state index is 11.1. The van der Waals surface area contributed by atoms with Crippen molar-refractivity contribution in [1.82, 2.24) is 0 Å². The Morgan fingerprint density at radius 2 is 2.05 bits per heavy atom. The second-order valence-electron chi connectivity index (χ2n) is 4.53. The highest BCUT2D eigenvalue weighted by molar-refractivity contribution is 7.09. The largest absolute Gasteiger partial charge is 0.491 e. The average Bonchev–Trinajstić information content (AvgIpc) is 2.88. The molecule has 0 radical (unpaired) electrons. The summed E-state index contributed by atoms with van der Waals surface area (Å²) in [6.07, 6.45) is -0.0239. The minimum Gasteiger partial charge on any atom is -0.491 e. The predicted molar refractivity (Wildman–Crippen MR) is 77.8 cm³/mol. The molecule has 0 bridgehead atoms. The average molecular weight is 292 g/mol. The zero-order chi connectivity index (χ0) is 14.5. The molecular weight excluding hydrogens is 276 g/mol. The molecule has 1 aromatic carbocycles. The van der Waals surface area contributed by atoms with Crippen molar-refractivity contribution in [3.05, 3.63) is 46.2 Å². The number of ether oxygens (including phenoxy) is 2. The number of thiophene rings is 1. The normalized spacial score (nSPS) is 10.6. The monoisotopic (exact) mass is 292 g/mol. The van der Waals surface area contributed by atoms with Crippen molar-refractivity contribution in [2.75, 3.05) is 0 Å². The second-order valence-corrected chi connectivity index (χ2v) is 5.57. The summed E-state index contributed by atoms with van der Waals surface area (Å²) in [6.45, 7) is 4.20. The van der Waals surface area contributed by atoms with E-state index in [2.05, 4.69) is 0 Å². The lowest BCUT2D eigenvalue weighted by atomic mass is 10.2. The Morgan fingerprint density at radius 1 is 1.30 bits per heavy atom. The molecule has 0 saturated carbocycles. The molecule has 1 N–H and O–H groups in total. The van der Waals surface area contributed by atoms with E-state index in [0.717, 1.165) is 4.88 Å². The summed E-state index contributed by atoms with van der Waals surface area (Å²) in [5.74, 6) is -0.00444. The molecule has 0 amide bonds. The first-order valence-electron chi connectivity index (χ1n) is 6.25. The molecule has 0 spiro atoms. The molecule has 0 saturated heterocycles. The van der Waals surface area contributed by atoms with Crippen LogP contribution in [0.3, 0.4) is 0 Å². The molecule has 20 heavy (non-hydrogen) atoms. The first-order chi connectivity index (χ1) is 9.54. The van der Waals surface area contributed by atoms with Crippen LogP contribution in [-0.2, 0) is 6.61 Å². The molecule has 1 aromatic heterocycles. The summed E-state index contributed by atoms with van der Waals surface area (Å²) in [6, 6.07) is 8.63. The van der Waals surface area contributed by atoms with Crippen molar-refractivity contribution in [2.24, 2.45) is 0 Å². The van der Waals surface area contributed by atoms with Crippen molar-refractivity contribution in [1.29, 1.82) is 0 Å². The lowest BCUT2D eigenvalue weighted by molar-refractivity contribution is 0.0695. The van der Waals surface area contributed by atoms with Crippen LogP contribution in [0.4, 0.5) is 0 Å². The fourth-order valence-corrected chi connectivity index (χ4v) is 2.28. The van der Waals surface area contributed by atoms with Crippen molar-refractivity contribution < 1.29 is 19.4 Å². The van der Waals surface area contributed by atoms with Crippen LogP contribution >= 0.6 is 11.3 Å². The standard InChI is InChI=1S/C15H16O4S/c1-10(2)19-13-7-11(15(16)17)6-12(8-13)18-9-14-4-3-5-20-14/h3-8,10H,9H2,1-2H3,(H,16,17). The van der Waals surface area contributed by atoms with Gasteiger partial charge in [-0.15, -0.1) is 11.3 Å². The number of carboxylic acid groups (broad SMARTS) is 1. The van der Waals surface area contributed by atoms with Gasteiger partial charge in [-0.05, 0) is 37.4 Å². The SMILES string of the molecule is CC(C)Oc1cc(OCc2cccs2)cc(C(=O)O)c1. The van der Waals surface area contributed by atoms with E-state index in [0.29, 0.717) is 18.1 Å². The topological polar surface area (TPSA) is 55.8 Å². The van der Waals surface area contributed by atoms with Crippen molar-refractivity contribution >= 4 is 17.3 Å². The van der Waals surface area contributed by atoms with Crippen LogP contribution in [0.2, 0.25) is 0 Å². The number of carbonyl (C=O) groups is 1. The fourth-order valence-electron chi connectivity index (χ4n) is 1.67. The third kappa shape index (κ3) is 3.99. The first-order valence-corrected chi connectivity index (χ1v) is 7.13. The molecule has 2 aromatic rings. The van der Waals surface area contributed by atoms with Gasteiger partial charge >= 0.3 is 5.97 Å². The van der Waals surface area contributed by atoms with E-state index in [1.165, 1.54) is 12.1 Å². The third-order valence-corrected chi connectivity index (χ3v) is 3.31. The van der Waals surface area contributed by atoms with Gasteiger partial charge in [-0.2, -0.15) is 0 Å². The Kier molecular flexibility index (Phi) is 4.63. The molecule has 0 aliphatic rings. The Hall–Kier alpha value is -2.01. The molecule has 0 unspecified atom stereocenters. The maximum Gasteiger partial charge on any atom is 0.335 e. The minimum absolute atomic E-state index is 0.0239. The van der Waals surface area contributed by atoms with Crippen LogP contribution in [0.25, 0.3) is 0 Å². The van der Waals surface area contributed by atoms with E-state index in [1.54, 1.807) is 17.4 Å². The highest BCUT2D eigenvalue weighted by atomic mass is 32.1. The molecule has 1 heterocycles.